The zero-order valence-electron chi connectivity index (χ0n) is 15.5. The van der Waals surface area contributed by atoms with Gasteiger partial charge in [-0.1, -0.05) is 12.1 Å². The van der Waals surface area contributed by atoms with Crippen LogP contribution in [0, 0.1) is 20.8 Å². The lowest BCUT2D eigenvalue weighted by atomic mass is 10.0. The molecule has 3 heterocycles. The summed E-state index contributed by atoms with van der Waals surface area (Å²) in [5, 5.41) is 4.77. The van der Waals surface area contributed by atoms with Gasteiger partial charge in [-0.3, -0.25) is 0 Å². The Morgan fingerprint density at radius 3 is 2.62 bits per heavy atom. The average Bonchev–Trinajstić information content (AvgIpc) is 2.62. The smallest absolute Gasteiger partial charge is 0.137 e. The van der Waals surface area contributed by atoms with Crippen LogP contribution in [0.4, 0.5) is 11.6 Å². The summed E-state index contributed by atoms with van der Waals surface area (Å²) >= 11 is 0. The molecular formula is C20H24N6. The van der Waals surface area contributed by atoms with Gasteiger partial charge in [0.2, 0.25) is 0 Å². The highest BCUT2D eigenvalue weighted by Gasteiger charge is 2.21. The van der Waals surface area contributed by atoms with Crippen molar-refractivity contribution in [3.05, 3.63) is 47.7 Å². The fourth-order valence-corrected chi connectivity index (χ4v) is 3.70. The standard InChI is InChI=1S/C20H24N6/c1-13-5-4-6-17-19(13)20(22-12-21-17)25-16-7-9-26(10-8-16)18-11-14(2)23-15(3)24-18/h4-6,11-12,16H,7-10H2,1-3H3,(H,21,22,25). The number of aromatic nitrogens is 4. The van der Waals surface area contributed by atoms with Gasteiger partial charge in [0.25, 0.3) is 0 Å². The van der Waals surface area contributed by atoms with Gasteiger partial charge in [-0.25, -0.2) is 19.9 Å². The van der Waals surface area contributed by atoms with E-state index in [1.54, 1.807) is 6.33 Å². The van der Waals surface area contributed by atoms with Crippen LogP contribution in [0.3, 0.4) is 0 Å². The third kappa shape index (κ3) is 3.31. The van der Waals surface area contributed by atoms with Crippen molar-refractivity contribution >= 4 is 22.5 Å². The van der Waals surface area contributed by atoms with E-state index in [1.165, 1.54) is 5.56 Å². The molecule has 6 nitrogen and oxygen atoms in total. The quantitative estimate of drug-likeness (QED) is 0.782. The molecule has 1 fully saturated rings. The highest BCUT2D eigenvalue weighted by atomic mass is 15.2. The second kappa shape index (κ2) is 6.86. The molecule has 1 saturated heterocycles. The van der Waals surface area contributed by atoms with E-state index in [0.717, 1.165) is 60.0 Å². The Morgan fingerprint density at radius 2 is 1.85 bits per heavy atom. The van der Waals surface area contributed by atoms with Gasteiger partial charge >= 0.3 is 0 Å². The van der Waals surface area contributed by atoms with Crippen molar-refractivity contribution in [3.63, 3.8) is 0 Å². The van der Waals surface area contributed by atoms with E-state index < -0.39 is 0 Å². The molecule has 0 atom stereocenters. The predicted octanol–water partition coefficient (Wildman–Crippen LogP) is 3.43. The maximum absolute atomic E-state index is 4.59. The summed E-state index contributed by atoms with van der Waals surface area (Å²) in [6, 6.07) is 8.67. The highest BCUT2D eigenvalue weighted by Crippen LogP contribution is 2.26. The maximum atomic E-state index is 4.59. The minimum atomic E-state index is 0.410. The van der Waals surface area contributed by atoms with Gasteiger partial charge in [-0.05, 0) is 45.2 Å². The number of aryl methyl sites for hydroxylation is 3. The van der Waals surface area contributed by atoms with Crippen LogP contribution in [0.25, 0.3) is 10.9 Å². The summed E-state index contributed by atoms with van der Waals surface area (Å²) < 4.78 is 0. The van der Waals surface area contributed by atoms with Crippen molar-refractivity contribution in [1.29, 1.82) is 0 Å². The zero-order chi connectivity index (χ0) is 18.1. The molecule has 1 aliphatic heterocycles. The number of rotatable bonds is 3. The number of hydrogen-bond donors (Lipinski definition) is 1. The van der Waals surface area contributed by atoms with E-state index in [2.05, 4.69) is 49.2 Å². The van der Waals surface area contributed by atoms with E-state index in [0.29, 0.717) is 6.04 Å². The van der Waals surface area contributed by atoms with Crippen molar-refractivity contribution in [2.45, 2.75) is 39.7 Å². The van der Waals surface area contributed by atoms with Gasteiger partial charge in [0.05, 0.1) is 5.52 Å². The Balaban J connectivity index is 1.48. The molecule has 0 radical (unpaired) electrons. The number of hydrogen-bond acceptors (Lipinski definition) is 6. The fraction of sp³-hybridized carbons (Fsp3) is 0.400. The molecule has 134 valence electrons. The first-order chi connectivity index (χ1) is 12.6. The molecule has 1 aromatic carbocycles. The Hall–Kier alpha value is -2.76. The lowest BCUT2D eigenvalue weighted by Gasteiger charge is -2.33. The van der Waals surface area contributed by atoms with Crippen LogP contribution in [0.15, 0.2) is 30.6 Å². The number of fused-ring (bicyclic) bond motifs is 1. The zero-order valence-corrected chi connectivity index (χ0v) is 15.5. The number of nitrogens with zero attached hydrogens (tertiary/aromatic N) is 5. The molecule has 6 heteroatoms. The first-order valence-electron chi connectivity index (χ1n) is 9.14. The van der Waals surface area contributed by atoms with Crippen LogP contribution in [0.5, 0.6) is 0 Å². The summed E-state index contributed by atoms with van der Waals surface area (Å²) in [7, 11) is 0. The highest BCUT2D eigenvalue weighted by molar-refractivity contribution is 5.91. The Bertz CT molecular complexity index is 905. The molecular weight excluding hydrogens is 324 g/mol. The number of nitrogens with one attached hydrogen (secondary N) is 1. The SMILES string of the molecule is Cc1cc(N2CCC(Nc3ncnc4cccc(C)c34)CC2)nc(C)n1. The molecule has 0 amide bonds. The second-order valence-corrected chi connectivity index (χ2v) is 7.01. The lowest BCUT2D eigenvalue weighted by Crippen LogP contribution is -2.39. The topological polar surface area (TPSA) is 66.8 Å². The van der Waals surface area contributed by atoms with Crippen molar-refractivity contribution in [3.8, 4) is 0 Å². The third-order valence-corrected chi connectivity index (χ3v) is 4.98. The van der Waals surface area contributed by atoms with Crippen LogP contribution in [-0.4, -0.2) is 39.1 Å². The fourth-order valence-electron chi connectivity index (χ4n) is 3.70. The van der Waals surface area contributed by atoms with Gasteiger partial charge < -0.3 is 10.2 Å². The van der Waals surface area contributed by atoms with Gasteiger partial charge in [0, 0.05) is 36.3 Å². The molecule has 2 aromatic heterocycles. The molecule has 3 aromatic rings. The number of anilines is 2. The molecule has 4 rings (SSSR count). The van der Waals surface area contributed by atoms with E-state index >= 15 is 0 Å². The van der Waals surface area contributed by atoms with Gasteiger partial charge in [-0.15, -0.1) is 0 Å². The van der Waals surface area contributed by atoms with E-state index in [1.807, 2.05) is 26.0 Å². The Labute approximate surface area is 153 Å². The first-order valence-corrected chi connectivity index (χ1v) is 9.14. The van der Waals surface area contributed by atoms with Crippen molar-refractivity contribution in [1.82, 2.24) is 19.9 Å². The van der Waals surface area contributed by atoms with Gasteiger partial charge in [0.1, 0.15) is 23.8 Å². The van der Waals surface area contributed by atoms with Crippen molar-refractivity contribution in [2.24, 2.45) is 0 Å². The van der Waals surface area contributed by atoms with E-state index in [4.69, 9.17) is 0 Å². The lowest BCUT2D eigenvalue weighted by molar-refractivity contribution is 0.522. The first kappa shape index (κ1) is 16.7. The van der Waals surface area contributed by atoms with E-state index in [9.17, 15) is 0 Å². The van der Waals surface area contributed by atoms with Crippen molar-refractivity contribution < 1.29 is 0 Å². The molecule has 0 unspecified atom stereocenters. The van der Waals surface area contributed by atoms with Crippen LogP contribution < -0.4 is 10.2 Å². The summed E-state index contributed by atoms with van der Waals surface area (Å²) in [6.07, 6.45) is 3.75. The van der Waals surface area contributed by atoms with Gasteiger partial charge in [0.15, 0.2) is 0 Å². The summed E-state index contributed by atoms with van der Waals surface area (Å²) in [5.74, 6) is 2.82. The number of benzene rings is 1. The Morgan fingerprint density at radius 1 is 1.04 bits per heavy atom. The molecule has 1 N–H and O–H groups in total. The molecule has 0 spiro atoms. The maximum Gasteiger partial charge on any atom is 0.137 e. The van der Waals surface area contributed by atoms with Crippen LogP contribution in [0.2, 0.25) is 0 Å². The summed E-state index contributed by atoms with van der Waals surface area (Å²) in [4.78, 5) is 20.2. The second-order valence-electron chi connectivity index (χ2n) is 7.01. The third-order valence-electron chi connectivity index (χ3n) is 4.98. The van der Waals surface area contributed by atoms with E-state index in [-0.39, 0.29) is 0 Å². The summed E-state index contributed by atoms with van der Waals surface area (Å²) in [6.45, 7) is 8.05. The minimum absolute atomic E-state index is 0.410. The van der Waals surface area contributed by atoms with Gasteiger partial charge in [-0.2, -0.15) is 0 Å². The minimum Gasteiger partial charge on any atom is -0.367 e. The molecule has 0 bridgehead atoms. The molecule has 0 saturated carbocycles. The van der Waals surface area contributed by atoms with Crippen molar-refractivity contribution in [2.75, 3.05) is 23.3 Å². The normalized spacial score (nSPS) is 15.4. The number of piperidine rings is 1. The molecule has 26 heavy (non-hydrogen) atoms. The monoisotopic (exact) mass is 348 g/mol. The van der Waals surface area contributed by atoms with Crippen LogP contribution >= 0.6 is 0 Å². The van der Waals surface area contributed by atoms with Crippen LogP contribution in [-0.2, 0) is 0 Å². The molecule has 0 aliphatic carbocycles. The molecule has 1 aliphatic rings. The van der Waals surface area contributed by atoms with Crippen LogP contribution in [0.1, 0.15) is 29.9 Å². The predicted molar refractivity (Wildman–Crippen MR) is 105 cm³/mol. The summed E-state index contributed by atoms with van der Waals surface area (Å²) in [5.41, 5.74) is 3.22. The average molecular weight is 348 g/mol. The Kier molecular flexibility index (Phi) is 4.41. The largest absolute Gasteiger partial charge is 0.367 e.